The predicted molar refractivity (Wildman–Crippen MR) is 112 cm³/mol. The molecule has 0 bridgehead atoms. The molecular weight excluding hydrogens is 433 g/mol. The minimum absolute atomic E-state index is 0.0564. The molecule has 0 unspecified atom stereocenters. The first-order valence-corrected chi connectivity index (χ1v) is 11.3. The van der Waals surface area contributed by atoms with Crippen molar-refractivity contribution >= 4 is 39.1 Å². The Morgan fingerprint density at radius 2 is 1.80 bits per heavy atom. The van der Waals surface area contributed by atoms with Gasteiger partial charge in [-0.2, -0.15) is 0 Å². The Hall–Kier alpha value is -2.49. The van der Waals surface area contributed by atoms with Crippen molar-refractivity contribution in [1.82, 2.24) is 4.31 Å². The van der Waals surface area contributed by atoms with Crippen LogP contribution in [0.2, 0.25) is 5.02 Å². The van der Waals surface area contributed by atoms with E-state index >= 15 is 0 Å². The Morgan fingerprint density at radius 1 is 1.13 bits per heavy atom. The Labute approximate surface area is 179 Å². The van der Waals surface area contributed by atoms with Gasteiger partial charge in [-0.05, 0) is 37.1 Å². The maximum absolute atomic E-state index is 14.0. The molecule has 0 spiro atoms. The summed E-state index contributed by atoms with van der Waals surface area (Å²) in [5, 5.41) is 2.75. The largest absolute Gasteiger partial charge is 0.366 e. The highest BCUT2D eigenvalue weighted by molar-refractivity contribution is 7.88. The lowest BCUT2D eigenvalue weighted by Gasteiger charge is -2.30. The van der Waals surface area contributed by atoms with E-state index in [4.69, 9.17) is 17.3 Å². The summed E-state index contributed by atoms with van der Waals surface area (Å²) in [4.78, 5) is 24.1. The van der Waals surface area contributed by atoms with E-state index in [-0.39, 0.29) is 35.1 Å². The van der Waals surface area contributed by atoms with Crippen LogP contribution in [-0.4, -0.2) is 37.6 Å². The molecule has 1 fully saturated rings. The van der Waals surface area contributed by atoms with Crippen LogP contribution in [0.5, 0.6) is 0 Å². The summed E-state index contributed by atoms with van der Waals surface area (Å²) in [6.07, 6.45) is 0.601. The third-order valence-electron chi connectivity index (χ3n) is 5.06. The van der Waals surface area contributed by atoms with Crippen molar-refractivity contribution < 1.29 is 22.4 Å². The maximum atomic E-state index is 14.0. The van der Waals surface area contributed by atoms with Crippen LogP contribution in [0.15, 0.2) is 42.5 Å². The maximum Gasteiger partial charge on any atom is 0.250 e. The number of piperidine rings is 1. The number of anilines is 1. The molecule has 10 heteroatoms. The molecule has 0 saturated carbocycles. The van der Waals surface area contributed by atoms with E-state index in [1.165, 1.54) is 22.5 Å². The molecular formula is C20H21ClFN3O4S. The topological polar surface area (TPSA) is 110 Å². The first-order valence-electron chi connectivity index (χ1n) is 9.29. The Bertz CT molecular complexity index is 1050. The summed E-state index contributed by atoms with van der Waals surface area (Å²) >= 11 is 5.94. The van der Waals surface area contributed by atoms with Crippen LogP contribution in [0.3, 0.4) is 0 Å². The Balaban J connectivity index is 1.63. The smallest absolute Gasteiger partial charge is 0.250 e. The average molecular weight is 454 g/mol. The van der Waals surface area contributed by atoms with Crippen LogP contribution >= 0.6 is 11.6 Å². The van der Waals surface area contributed by atoms with Gasteiger partial charge in [0, 0.05) is 29.6 Å². The molecule has 2 amide bonds. The summed E-state index contributed by atoms with van der Waals surface area (Å²) in [5.74, 6) is -2.60. The summed E-state index contributed by atoms with van der Waals surface area (Å²) in [7, 11) is -3.79. The number of rotatable bonds is 6. The van der Waals surface area contributed by atoms with E-state index in [1.54, 1.807) is 18.2 Å². The minimum Gasteiger partial charge on any atom is -0.366 e. The zero-order valence-corrected chi connectivity index (χ0v) is 17.5. The van der Waals surface area contributed by atoms with Crippen molar-refractivity contribution in [2.75, 3.05) is 18.4 Å². The van der Waals surface area contributed by atoms with Gasteiger partial charge in [-0.25, -0.2) is 17.1 Å². The zero-order chi connectivity index (χ0) is 21.9. The fourth-order valence-electron chi connectivity index (χ4n) is 3.38. The van der Waals surface area contributed by atoms with Crippen LogP contribution in [0.25, 0.3) is 0 Å². The van der Waals surface area contributed by atoms with E-state index in [0.717, 1.165) is 6.07 Å². The lowest BCUT2D eigenvalue weighted by atomic mass is 9.97. The number of halogens is 2. The molecule has 160 valence electrons. The number of para-hydroxylation sites is 1. The number of nitrogens with two attached hydrogens (primary N) is 1. The number of primary amides is 1. The van der Waals surface area contributed by atoms with Gasteiger partial charge in [-0.1, -0.05) is 29.8 Å². The molecule has 1 heterocycles. The van der Waals surface area contributed by atoms with Gasteiger partial charge in [0.2, 0.25) is 15.9 Å². The second kappa shape index (κ2) is 9.11. The molecule has 1 aliphatic heterocycles. The number of nitrogens with one attached hydrogen (secondary N) is 1. The van der Waals surface area contributed by atoms with E-state index in [9.17, 15) is 22.4 Å². The molecule has 2 aromatic rings. The highest BCUT2D eigenvalue weighted by atomic mass is 35.5. The highest BCUT2D eigenvalue weighted by Crippen LogP contribution is 2.27. The van der Waals surface area contributed by atoms with Gasteiger partial charge in [-0.3, -0.25) is 9.59 Å². The van der Waals surface area contributed by atoms with Crippen molar-refractivity contribution in [3.63, 3.8) is 0 Å². The fourth-order valence-corrected chi connectivity index (χ4v) is 5.30. The van der Waals surface area contributed by atoms with Crippen molar-refractivity contribution in [1.29, 1.82) is 0 Å². The first kappa shape index (κ1) is 22.2. The van der Waals surface area contributed by atoms with Gasteiger partial charge in [0.25, 0.3) is 5.91 Å². The quantitative estimate of drug-likeness (QED) is 0.700. The lowest BCUT2D eigenvalue weighted by molar-refractivity contribution is -0.120. The second-order valence-electron chi connectivity index (χ2n) is 7.03. The molecule has 0 aliphatic carbocycles. The summed E-state index contributed by atoms with van der Waals surface area (Å²) in [5.41, 5.74) is 5.77. The third kappa shape index (κ3) is 4.97. The van der Waals surface area contributed by atoms with Crippen LogP contribution in [-0.2, 0) is 20.6 Å². The molecule has 1 saturated heterocycles. The van der Waals surface area contributed by atoms with Crippen molar-refractivity contribution in [2.45, 2.75) is 18.6 Å². The predicted octanol–water partition coefficient (Wildman–Crippen LogP) is 2.76. The fraction of sp³-hybridized carbons (Fsp3) is 0.300. The molecule has 0 atom stereocenters. The van der Waals surface area contributed by atoms with E-state index in [1.807, 2.05) is 0 Å². The monoisotopic (exact) mass is 453 g/mol. The average Bonchev–Trinajstić information content (AvgIpc) is 2.71. The van der Waals surface area contributed by atoms with Gasteiger partial charge in [0.15, 0.2) is 0 Å². The van der Waals surface area contributed by atoms with Gasteiger partial charge in [-0.15, -0.1) is 0 Å². The van der Waals surface area contributed by atoms with Gasteiger partial charge >= 0.3 is 0 Å². The number of sulfonamides is 1. The van der Waals surface area contributed by atoms with Crippen molar-refractivity contribution in [2.24, 2.45) is 11.7 Å². The number of benzene rings is 2. The van der Waals surface area contributed by atoms with Crippen molar-refractivity contribution in [3.05, 3.63) is 64.4 Å². The summed E-state index contributed by atoms with van der Waals surface area (Å²) in [6, 6.07) is 10.4. The number of amides is 2. The first-order chi connectivity index (χ1) is 14.2. The van der Waals surface area contributed by atoms with Gasteiger partial charge in [0.1, 0.15) is 5.82 Å². The molecule has 7 nitrogen and oxygen atoms in total. The molecule has 3 N–H and O–H groups in total. The SMILES string of the molecule is NC(=O)c1ccccc1NC(=O)C1CCN(S(=O)(=O)Cc2c(F)cccc2Cl)CC1. The number of nitrogens with zero attached hydrogens (tertiary/aromatic N) is 1. The van der Waals surface area contributed by atoms with Gasteiger partial charge < -0.3 is 11.1 Å². The van der Waals surface area contributed by atoms with Crippen LogP contribution < -0.4 is 11.1 Å². The standard InChI is InChI=1S/C20H21ClFN3O4S/c21-16-5-3-6-17(22)15(16)12-30(28,29)25-10-8-13(9-11-25)20(27)24-18-7-2-1-4-14(18)19(23)26/h1-7,13H,8-12H2,(H2,23,26)(H,24,27). The summed E-state index contributed by atoms with van der Waals surface area (Å²) < 4.78 is 40.6. The van der Waals surface area contributed by atoms with E-state index < -0.39 is 33.4 Å². The molecule has 1 aliphatic rings. The van der Waals surface area contributed by atoms with E-state index in [2.05, 4.69) is 5.32 Å². The Kier molecular flexibility index (Phi) is 6.74. The van der Waals surface area contributed by atoms with Crippen LogP contribution in [0.1, 0.15) is 28.8 Å². The van der Waals surface area contributed by atoms with Crippen LogP contribution in [0, 0.1) is 11.7 Å². The number of carbonyl (C=O) groups is 2. The molecule has 0 radical (unpaired) electrons. The Morgan fingerprint density at radius 3 is 2.43 bits per heavy atom. The third-order valence-corrected chi connectivity index (χ3v) is 7.22. The second-order valence-corrected chi connectivity index (χ2v) is 9.40. The number of carbonyl (C=O) groups excluding carboxylic acids is 2. The summed E-state index contributed by atoms with van der Waals surface area (Å²) in [6.45, 7) is 0.258. The van der Waals surface area contributed by atoms with Gasteiger partial charge in [0.05, 0.1) is 17.0 Å². The lowest BCUT2D eigenvalue weighted by Crippen LogP contribution is -2.42. The normalized spacial score (nSPS) is 15.7. The minimum atomic E-state index is -3.79. The number of hydrogen-bond donors (Lipinski definition) is 2. The van der Waals surface area contributed by atoms with E-state index in [0.29, 0.717) is 18.5 Å². The highest BCUT2D eigenvalue weighted by Gasteiger charge is 2.32. The molecule has 3 rings (SSSR count). The number of hydrogen-bond acceptors (Lipinski definition) is 4. The van der Waals surface area contributed by atoms with Crippen LogP contribution in [0.4, 0.5) is 10.1 Å². The van der Waals surface area contributed by atoms with Crippen molar-refractivity contribution in [3.8, 4) is 0 Å². The molecule has 30 heavy (non-hydrogen) atoms. The molecule has 2 aromatic carbocycles. The zero-order valence-electron chi connectivity index (χ0n) is 16.0. The molecule has 0 aromatic heterocycles.